The first-order valence-corrected chi connectivity index (χ1v) is 12.4. The Morgan fingerprint density at radius 2 is 1.23 bits per heavy atom. The van der Waals surface area contributed by atoms with E-state index in [9.17, 15) is 14.4 Å². The number of unbranched alkanes of at least 4 members (excludes halogenated alkanes) is 11. The van der Waals surface area contributed by atoms with Crippen molar-refractivity contribution in [2.45, 2.75) is 116 Å². The van der Waals surface area contributed by atoms with Gasteiger partial charge in [-0.2, -0.15) is 0 Å². The molecular formula is C24H47N3O4. The molecule has 0 bridgehead atoms. The topological polar surface area (TPSA) is 108 Å². The van der Waals surface area contributed by atoms with Gasteiger partial charge in [0.25, 0.3) is 0 Å². The van der Waals surface area contributed by atoms with Crippen LogP contribution < -0.4 is 16.0 Å². The minimum absolute atomic E-state index is 0.0240. The Kier molecular flexibility index (Phi) is 20.5. The summed E-state index contributed by atoms with van der Waals surface area (Å²) in [7, 11) is 1.66. The summed E-state index contributed by atoms with van der Waals surface area (Å²) in [6, 6.07) is -0.461. The second-order valence-corrected chi connectivity index (χ2v) is 8.41. The lowest BCUT2D eigenvalue weighted by Gasteiger charge is -2.15. The Morgan fingerprint density at radius 3 is 1.77 bits per heavy atom. The van der Waals surface area contributed by atoms with Crippen LogP contribution in [0, 0.1) is 0 Å². The summed E-state index contributed by atoms with van der Waals surface area (Å²) in [5.41, 5.74) is 0. The molecule has 2 amide bonds. The number of rotatable bonds is 22. The van der Waals surface area contributed by atoms with Crippen LogP contribution in [0.3, 0.4) is 0 Å². The molecule has 1 atom stereocenters. The third-order valence-electron chi connectivity index (χ3n) is 5.54. The highest BCUT2D eigenvalue weighted by Gasteiger charge is 2.16. The predicted molar refractivity (Wildman–Crippen MR) is 126 cm³/mol. The molecule has 0 radical (unpaired) electrons. The van der Waals surface area contributed by atoms with Crippen molar-refractivity contribution in [1.82, 2.24) is 16.0 Å². The molecule has 7 heteroatoms. The second kappa shape index (κ2) is 21.6. The SMILES string of the molecule is CCCCCCCCCCCC(=O)NCCCCCCNC(=O)C(CCC(=O)O)NC. The highest BCUT2D eigenvalue weighted by atomic mass is 16.4. The maximum absolute atomic E-state index is 12.0. The minimum atomic E-state index is -0.895. The Labute approximate surface area is 189 Å². The molecule has 31 heavy (non-hydrogen) atoms. The molecule has 0 aliphatic heterocycles. The Balaban J connectivity index is 3.45. The zero-order chi connectivity index (χ0) is 23.2. The van der Waals surface area contributed by atoms with E-state index in [1.165, 1.54) is 44.9 Å². The molecule has 4 N–H and O–H groups in total. The summed E-state index contributed by atoms with van der Waals surface area (Å²) < 4.78 is 0. The summed E-state index contributed by atoms with van der Waals surface area (Å²) in [6.45, 7) is 3.55. The Morgan fingerprint density at radius 1 is 0.710 bits per heavy atom. The van der Waals surface area contributed by atoms with Crippen LogP contribution in [0.25, 0.3) is 0 Å². The molecule has 182 valence electrons. The van der Waals surface area contributed by atoms with Crippen molar-refractivity contribution in [3.8, 4) is 0 Å². The number of carboxylic acids is 1. The van der Waals surface area contributed by atoms with E-state index in [1.807, 2.05) is 0 Å². The smallest absolute Gasteiger partial charge is 0.303 e. The van der Waals surface area contributed by atoms with Gasteiger partial charge in [0.1, 0.15) is 0 Å². The molecule has 0 saturated heterocycles. The quantitative estimate of drug-likeness (QED) is 0.189. The van der Waals surface area contributed by atoms with E-state index in [0.29, 0.717) is 13.0 Å². The molecule has 0 heterocycles. The first-order chi connectivity index (χ1) is 15.0. The van der Waals surface area contributed by atoms with Crippen LogP contribution in [-0.4, -0.2) is 49.1 Å². The van der Waals surface area contributed by atoms with Gasteiger partial charge >= 0.3 is 5.97 Å². The number of carboxylic acid groups (broad SMARTS) is 1. The lowest BCUT2D eigenvalue weighted by atomic mass is 10.1. The van der Waals surface area contributed by atoms with Gasteiger partial charge in [0.15, 0.2) is 0 Å². The molecular weight excluding hydrogens is 394 g/mol. The van der Waals surface area contributed by atoms with Crippen molar-refractivity contribution in [2.24, 2.45) is 0 Å². The van der Waals surface area contributed by atoms with Crippen LogP contribution in [-0.2, 0) is 14.4 Å². The average Bonchev–Trinajstić information content (AvgIpc) is 2.74. The average molecular weight is 442 g/mol. The van der Waals surface area contributed by atoms with Gasteiger partial charge < -0.3 is 21.1 Å². The van der Waals surface area contributed by atoms with Crippen LogP contribution in [0.2, 0.25) is 0 Å². The normalized spacial score (nSPS) is 11.8. The third-order valence-corrected chi connectivity index (χ3v) is 5.54. The molecule has 0 aromatic carbocycles. The molecule has 0 aliphatic rings. The number of likely N-dealkylation sites (N-methyl/N-ethyl adjacent to an activating group) is 1. The lowest BCUT2D eigenvalue weighted by molar-refractivity contribution is -0.137. The van der Waals surface area contributed by atoms with Crippen LogP contribution in [0.5, 0.6) is 0 Å². The van der Waals surface area contributed by atoms with E-state index in [2.05, 4.69) is 22.9 Å². The maximum Gasteiger partial charge on any atom is 0.303 e. The fourth-order valence-corrected chi connectivity index (χ4v) is 3.53. The summed E-state index contributed by atoms with van der Waals surface area (Å²) in [5.74, 6) is -0.879. The van der Waals surface area contributed by atoms with Gasteiger partial charge in [-0.1, -0.05) is 71.1 Å². The van der Waals surface area contributed by atoms with Gasteiger partial charge in [-0.15, -0.1) is 0 Å². The molecule has 0 saturated carbocycles. The number of amides is 2. The third kappa shape index (κ3) is 20.0. The van der Waals surface area contributed by atoms with Gasteiger partial charge in [-0.25, -0.2) is 0 Å². The maximum atomic E-state index is 12.0. The van der Waals surface area contributed by atoms with E-state index in [0.717, 1.165) is 45.1 Å². The van der Waals surface area contributed by atoms with Crippen LogP contribution in [0.4, 0.5) is 0 Å². The zero-order valence-corrected chi connectivity index (χ0v) is 20.0. The minimum Gasteiger partial charge on any atom is -0.481 e. The van der Waals surface area contributed by atoms with E-state index < -0.39 is 12.0 Å². The molecule has 7 nitrogen and oxygen atoms in total. The lowest BCUT2D eigenvalue weighted by Crippen LogP contribution is -2.43. The van der Waals surface area contributed by atoms with Crippen molar-refractivity contribution in [2.75, 3.05) is 20.1 Å². The van der Waals surface area contributed by atoms with E-state index >= 15 is 0 Å². The van der Waals surface area contributed by atoms with E-state index in [4.69, 9.17) is 5.11 Å². The van der Waals surface area contributed by atoms with Crippen LogP contribution in [0.1, 0.15) is 110 Å². The molecule has 0 spiro atoms. The van der Waals surface area contributed by atoms with Gasteiger partial charge in [-0.3, -0.25) is 14.4 Å². The number of hydrogen-bond acceptors (Lipinski definition) is 4. The first-order valence-electron chi connectivity index (χ1n) is 12.4. The van der Waals surface area contributed by atoms with Gasteiger partial charge in [-0.05, 0) is 32.7 Å². The summed E-state index contributed by atoms with van der Waals surface area (Å²) >= 11 is 0. The molecule has 0 aromatic rings. The highest BCUT2D eigenvalue weighted by molar-refractivity contribution is 5.82. The van der Waals surface area contributed by atoms with Crippen LogP contribution in [0.15, 0.2) is 0 Å². The van der Waals surface area contributed by atoms with Gasteiger partial charge in [0.05, 0.1) is 6.04 Å². The number of carbonyl (C=O) groups excluding carboxylic acids is 2. The van der Waals surface area contributed by atoms with Crippen molar-refractivity contribution in [1.29, 1.82) is 0 Å². The molecule has 0 aromatic heterocycles. The number of hydrogen-bond donors (Lipinski definition) is 4. The van der Waals surface area contributed by atoms with Crippen molar-refractivity contribution in [3.63, 3.8) is 0 Å². The predicted octanol–water partition coefficient (Wildman–Crippen LogP) is 4.15. The van der Waals surface area contributed by atoms with Crippen LogP contribution >= 0.6 is 0 Å². The molecule has 0 aliphatic carbocycles. The van der Waals surface area contributed by atoms with Gasteiger partial charge in [0.2, 0.25) is 11.8 Å². The standard InChI is InChI=1S/C24H47N3O4/c1-3-4-5-6-7-8-9-10-13-16-22(28)26-19-14-11-12-15-20-27-24(31)21(25-2)17-18-23(29)30/h21,25H,3-20H2,1-2H3,(H,26,28)(H,27,31)(H,29,30). The summed E-state index contributed by atoms with van der Waals surface area (Å²) in [6.07, 6.45) is 16.1. The Bertz CT molecular complexity index is 472. The molecule has 0 fully saturated rings. The monoisotopic (exact) mass is 441 g/mol. The Hall–Kier alpha value is -1.63. The first kappa shape index (κ1) is 29.4. The zero-order valence-electron chi connectivity index (χ0n) is 20.0. The number of carbonyl (C=O) groups is 3. The number of aliphatic carboxylic acids is 1. The highest BCUT2D eigenvalue weighted by Crippen LogP contribution is 2.10. The van der Waals surface area contributed by atoms with Crippen molar-refractivity contribution >= 4 is 17.8 Å². The fourth-order valence-electron chi connectivity index (χ4n) is 3.53. The molecule has 0 rings (SSSR count). The van der Waals surface area contributed by atoms with Crippen molar-refractivity contribution < 1.29 is 19.5 Å². The summed E-state index contributed by atoms with van der Waals surface area (Å²) in [4.78, 5) is 34.4. The van der Waals surface area contributed by atoms with E-state index in [-0.39, 0.29) is 24.7 Å². The fraction of sp³-hybridized carbons (Fsp3) is 0.875. The van der Waals surface area contributed by atoms with E-state index in [1.54, 1.807) is 7.05 Å². The second-order valence-electron chi connectivity index (χ2n) is 8.41. The molecule has 1 unspecified atom stereocenters. The summed E-state index contributed by atoms with van der Waals surface area (Å²) in [5, 5.41) is 17.4. The van der Waals surface area contributed by atoms with Crippen molar-refractivity contribution in [3.05, 3.63) is 0 Å². The van der Waals surface area contributed by atoms with Gasteiger partial charge in [0, 0.05) is 25.9 Å². The number of nitrogens with one attached hydrogen (secondary N) is 3. The largest absolute Gasteiger partial charge is 0.481 e.